The summed E-state index contributed by atoms with van der Waals surface area (Å²) in [6, 6.07) is 0. The number of hydrogen-bond acceptors (Lipinski definition) is 2. The molecule has 1 heterocycles. The van der Waals surface area contributed by atoms with Crippen LogP contribution < -0.4 is 0 Å². The lowest BCUT2D eigenvalue weighted by Crippen LogP contribution is -2.37. The first-order valence-corrected chi connectivity index (χ1v) is 4.87. The maximum Gasteiger partial charge on any atom is 0.309 e. The maximum absolute atomic E-state index is 11.4. The number of hydrogen-bond donors (Lipinski definition) is 0. The molecule has 4 atom stereocenters. The van der Waals surface area contributed by atoms with Gasteiger partial charge in [-0.15, -0.1) is 0 Å². The zero-order valence-corrected chi connectivity index (χ0v) is 7.75. The SMILES string of the molecule is C[C@@H]1COC(=O)[C@@H]2[C@@H]1CC[C@@H]2C. The van der Waals surface area contributed by atoms with E-state index < -0.39 is 0 Å². The van der Waals surface area contributed by atoms with Gasteiger partial charge in [-0.05, 0) is 30.6 Å². The van der Waals surface area contributed by atoms with Crippen LogP contribution in [0.1, 0.15) is 26.7 Å². The third kappa shape index (κ3) is 1.05. The first-order valence-electron chi connectivity index (χ1n) is 4.87. The molecule has 2 fully saturated rings. The lowest BCUT2D eigenvalue weighted by molar-refractivity contribution is -0.160. The van der Waals surface area contributed by atoms with Crippen molar-refractivity contribution in [3.63, 3.8) is 0 Å². The molecule has 0 unspecified atom stereocenters. The first kappa shape index (κ1) is 8.09. The average molecular weight is 168 g/mol. The van der Waals surface area contributed by atoms with Crippen LogP contribution in [0.25, 0.3) is 0 Å². The van der Waals surface area contributed by atoms with Gasteiger partial charge in [0.05, 0.1) is 12.5 Å². The molecule has 0 aromatic rings. The summed E-state index contributed by atoms with van der Waals surface area (Å²) < 4.78 is 5.14. The summed E-state index contributed by atoms with van der Waals surface area (Å²) in [5, 5.41) is 0. The molecule has 12 heavy (non-hydrogen) atoms. The summed E-state index contributed by atoms with van der Waals surface area (Å²) in [6.45, 7) is 5.01. The van der Waals surface area contributed by atoms with Crippen LogP contribution in [0, 0.1) is 23.7 Å². The molecule has 1 aliphatic heterocycles. The van der Waals surface area contributed by atoms with Crippen molar-refractivity contribution in [2.24, 2.45) is 23.7 Å². The molecule has 2 rings (SSSR count). The number of cyclic esters (lactones) is 1. The second kappa shape index (κ2) is 2.75. The highest BCUT2D eigenvalue weighted by molar-refractivity contribution is 5.74. The number of esters is 1. The molecule has 0 aromatic carbocycles. The van der Waals surface area contributed by atoms with Gasteiger partial charge in [-0.25, -0.2) is 0 Å². The zero-order chi connectivity index (χ0) is 8.72. The van der Waals surface area contributed by atoms with Crippen LogP contribution in [0.2, 0.25) is 0 Å². The van der Waals surface area contributed by atoms with E-state index in [-0.39, 0.29) is 11.9 Å². The minimum absolute atomic E-state index is 0.0584. The molecule has 2 nitrogen and oxygen atoms in total. The Morgan fingerprint density at radius 3 is 2.67 bits per heavy atom. The monoisotopic (exact) mass is 168 g/mol. The van der Waals surface area contributed by atoms with Crippen molar-refractivity contribution in [1.29, 1.82) is 0 Å². The number of carbonyl (C=O) groups excluding carboxylic acids is 1. The summed E-state index contributed by atoms with van der Waals surface area (Å²) in [6.07, 6.45) is 2.43. The van der Waals surface area contributed by atoms with Crippen LogP contribution in [0.15, 0.2) is 0 Å². The third-order valence-corrected chi connectivity index (χ3v) is 3.52. The molecule has 2 aliphatic rings. The fraction of sp³-hybridized carbons (Fsp3) is 0.900. The molecule has 0 amide bonds. The van der Waals surface area contributed by atoms with E-state index in [4.69, 9.17) is 4.74 Å². The van der Waals surface area contributed by atoms with Gasteiger partial charge in [-0.1, -0.05) is 13.8 Å². The van der Waals surface area contributed by atoms with Crippen LogP contribution in [-0.4, -0.2) is 12.6 Å². The van der Waals surface area contributed by atoms with Crippen molar-refractivity contribution in [3.8, 4) is 0 Å². The van der Waals surface area contributed by atoms with Crippen LogP contribution >= 0.6 is 0 Å². The van der Waals surface area contributed by atoms with Gasteiger partial charge in [0, 0.05) is 0 Å². The predicted octanol–water partition coefficient (Wildman–Crippen LogP) is 1.84. The molecule has 1 saturated carbocycles. The Labute approximate surface area is 73.3 Å². The normalized spacial score (nSPS) is 47.0. The van der Waals surface area contributed by atoms with Crippen LogP contribution in [0.5, 0.6) is 0 Å². The molecule has 1 aliphatic carbocycles. The third-order valence-electron chi connectivity index (χ3n) is 3.52. The van der Waals surface area contributed by atoms with E-state index >= 15 is 0 Å². The summed E-state index contributed by atoms with van der Waals surface area (Å²) in [5.74, 6) is 2.01. The van der Waals surface area contributed by atoms with E-state index in [1.807, 2.05) is 0 Å². The fourth-order valence-electron chi connectivity index (χ4n) is 2.72. The van der Waals surface area contributed by atoms with Crippen LogP contribution in [-0.2, 0) is 9.53 Å². The van der Waals surface area contributed by atoms with Crippen molar-refractivity contribution in [3.05, 3.63) is 0 Å². The Morgan fingerprint density at radius 2 is 2.00 bits per heavy atom. The van der Waals surface area contributed by atoms with E-state index in [1.54, 1.807) is 0 Å². The molecular formula is C10H16O2. The quantitative estimate of drug-likeness (QED) is 0.516. The minimum atomic E-state index is 0.0584. The van der Waals surface area contributed by atoms with Crippen molar-refractivity contribution in [1.82, 2.24) is 0 Å². The highest BCUT2D eigenvalue weighted by atomic mass is 16.5. The Hall–Kier alpha value is -0.530. The standard InChI is InChI=1S/C10H16O2/c1-6-3-4-8-7(2)5-12-10(11)9(6)8/h6-9H,3-5H2,1-2H3/t6-,7+,8+,9-/m0/s1. The Morgan fingerprint density at radius 1 is 1.25 bits per heavy atom. The van der Waals surface area contributed by atoms with Gasteiger partial charge in [-0.3, -0.25) is 4.79 Å². The van der Waals surface area contributed by atoms with Crippen molar-refractivity contribution >= 4 is 5.97 Å². The molecule has 0 N–H and O–H groups in total. The van der Waals surface area contributed by atoms with Gasteiger partial charge >= 0.3 is 5.97 Å². The number of fused-ring (bicyclic) bond motifs is 1. The van der Waals surface area contributed by atoms with Gasteiger partial charge in [0.25, 0.3) is 0 Å². The topological polar surface area (TPSA) is 26.3 Å². The van der Waals surface area contributed by atoms with E-state index in [9.17, 15) is 4.79 Å². The second-order valence-corrected chi connectivity index (χ2v) is 4.35. The Bertz CT molecular complexity index is 200. The minimum Gasteiger partial charge on any atom is -0.465 e. The van der Waals surface area contributed by atoms with Gasteiger partial charge in [0.15, 0.2) is 0 Å². The van der Waals surface area contributed by atoms with E-state index in [1.165, 1.54) is 12.8 Å². The molecule has 68 valence electrons. The van der Waals surface area contributed by atoms with Crippen molar-refractivity contribution < 1.29 is 9.53 Å². The highest BCUT2D eigenvalue weighted by Gasteiger charge is 2.45. The highest BCUT2D eigenvalue weighted by Crippen LogP contribution is 2.44. The van der Waals surface area contributed by atoms with Crippen LogP contribution in [0.4, 0.5) is 0 Å². The molecule has 1 saturated heterocycles. The summed E-state index contributed by atoms with van der Waals surface area (Å²) in [4.78, 5) is 11.4. The van der Waals surface area contributed by atoms with Crippen LogP contribution in [0.3, 0.4) is 0 Å². The van der Waals surface area contributed by atoms with Gasteiger partial charge in [0.2, 0.25) is 0 Å². The molecule has 0 spiro atoms. The zero-order valence-electron chi connectivity index (χ0n) is 7.75. The van der Waals surface area contributed by atoms with E-state index in [0.717, 1.165) is 0 Å². The molecule has 0 radical (unpaired) electrons. The Balaban J connectivity index is 2.18. The molecular weight excluding hydrogens is 152 g/mol. The van der Waals surface area contributed by atoms with E-state index in [2.05, 4.69) is 13.8 Å². The summed E-state index contributed by atoms with van der Waals surface area (Å²) in [5.41, 5.74) is 0. The van der Waals surface area contributed by atoms with Gasteiger partial charge in [0.1, 0.15) is 0 Å². The smallest absolute Gasteiger partial charge is 0.309 e. The van der Waals surface area contributed by atoms with Gasteiger partial charge in [-0.2, -0.15) is 0 Å². The maximum atomic E-state index is 11.4. The fourth-order valence-corrected chi connectivity index (χ4v) is 2.72. The number of carbonyl (C=O) groups is 1. The number of ether oxygens (including phenoxy) is 1. The average Bonchev–Trinajstić information content (AvgIpc) is 2.42. The largest absolute Gasteiger partial charge is 0.465 e. The summed E-state index contributed by atoms with van der Waals surface area (Å²) >= 11 is 0. The lowest BCUT2D eigenvalue weighted by Gasteiger charge is -2.31. The number of rotatable bonds is 0. The molecule has 2 heteroatoms. The van der Waals surface area contributed by atoms with Crippen molar-refractivity contribution in [2.45, 2.75) is 26.7 Å². The molecule has 0 bridgehead atoms. The second-order valence-electron chi connectivity index (χ2n) is 4.35. The lowest BCUT2D eigenvalue weighted by atomic mass is 9.81. The first-order chi connectivity index (χ1) is 5.70. The Kier molecular flexibility index (Phi) is 1.85. The van der Waals surface area contributed by atoms with E-state index in [0.29, 0.717) is 24.4 Å². The van der Waals surface area contributed by atoms with Gasteiger partial charge < -0.3 is 4.74 Å². The predicted molar refractivity (Wildman–Crippen MR) is 45.5 cm³/mol. The van der Waals surface area contributed by atoms with Crippen molar-refractivity contribution in [2.75, 3.05) is 6.61 Å². The summed E-state index contributed by atoms with van der Waals surface area (Å²) in [7, 11) is 0. The molecule has 0 aromatic heterocycles.